The molecule has 0 aliphatic heterocycles. The van der Waals surface area contributed by atoms with Crippen molar-refractivity contribution in [3.63, 3.8) is 0 Å². The lowest BCUT2D eigenvalue weighted by atomic mass is 10.1. The van der Waals surface area contributed by atoms with Crippen LogP contribution in [0.1, 0.15) is 19.2 Å². The maximum atomic E-state index is 5.58. The summed E-state index contributed by atoms with van der Waals surface area (Å²) in [5.41, 5.74) is 6.52. The fourth-order valence-corrected chi connectivity index (χ4v) is 2.06. The summed E-state index contributed by atoms with van der Waals surface area (Å²) in [6, 6.07) is 7.83. The van der Waals surface area contributed by atoms with E-state index in [1.807, 2.05) is 24.3 Å². The predicted molar refractivity (Wildman–Crippen MR) is 74.0 cm³/mol. The molecule has 0 aliphatic rings. The van der Waals surface area contributed by atoms with E-state index < -0.39 is 0 Å². The molecule has 0 amide bonds. The van der Waals surface area contributed by atoms with E-state index in [1.54, 1.807) is 0 Å². The zero-order valence-electron chi connectivity index (χ0n) is 10.3. The minimum atomic E-state index is 0.476. The van der Waals surface area contributed by atoms with E-state index in [1.165, 1.54) is 0 Å². The normalized spacial score (nSPS) is 12.6. The van der Waals surface area contributed by atoms with Gasteiger partial charge in [-0.2, -0.15) is 4.98 Å². The number of benzene rings is 1. The maximum absolute atomic E-state index is 5.58. The van der Waals surface area contributed by atoms with Gasteiger partial charge in [0.25, 0.3) is 0 Å². The highest BCUT2D eigenvalue weighted by atomic mass is 79.9. The van der Waals surface area contributed by atoms with Gasteiger partial charge in [-0.05, 0) is 31.0 Å². The highest BCUT2D eigenvalue weighted by molar-refractivity contribution is 9.10. The molecule has 0 fully saturated rings. The van der Waals surface area contributed by atoms with Crippen LogP contribution in [0.3, 0.4) is 0 Å². The molecule has 0 spiro atoms. The molecule has 0 saturated carbocycles. The molecular weight excluding hydrogens is 294 g/mol. The number of nitrogens with zero attached hydrogens (tertiary/aromatic N) is 2. The van der Waals surface area contributed by atoms with Crippen molar-refractivity contribution < 1.29 is 4.52 Å². The first-order valence-corrected chi connectivity index (χ1v) is 6.77. The SMILES string of the molecule is CC(CN)CCc1nc(-c2ccccc2Br)no1. The molecule has 1 aromatic heterocycles. The molecule has 0 bridgehead atoms. The molecule has 1 unspecified atom stereocenters. The van der Waals surface area contributed by atoms with E-state index in [9.17, 15) is 0 Å². The minimum Gasteiger partial charge on any atom is -0.339 e. The third kappa shape index (κ3) is 3.17. The lowest BCUT2D eigenvalue weighted by Gasteiger charge is -2.03. The smallest absolute Gasteiger partial charge is 0.226 e. The van der Waals surface area contributed by atoms with Crippen molar-refractivity contribution in [3.05, 3.63) is 34.6 Å². The molecule has 18 heavy (non-hydrogen) atoms. The Kier molecular flexibility index (Phi) is 4.49. The first-order chi connectivity index (χ1) is 8.70. The van der Waals surface area contributed by atoms with Crippen LogP contribution in [0.15, 0.2) is 33.3 Å². The van der Waals surface area contributed by atoms with Gasteiger partial charge in [0.05, 0.1) is 0 Å². The van der Waals surface area contributed by atoms with Crippen LogP contribution in [-0.4, -0.2) is 16.7 Å². The van der Waals surface area contributed by atoms with Crippen LogP contribution in [0.5, 0.6) is 0 Å². The molecule has 0 radical (unpaired) electrons. The van der Waals surface area contributed by atoms with E-state index in [4.69, 9.17) is 10.3 Å². The standard InChI is InChI=1S/C13H16BrN3O/c1-9(8-15)6-7-12-16-13(17-18-12)10-4-2-3-5-11(10)14/h2-5,9H,6-8,15H2,1H3. The molecule has 1 aromatic carbocycles. The number of rotatable bonds is 5. The summed E-state index contributed by atoms with van der Waals surface area (Å²) in [6.07, 6.45) is 1.74. The molecule has 96 valence electrons. The van der Waals surface area contributed by atoms with Gasteiger partial charge in [-0.15, -0.1) is 0 Å². The summed E-state index contributed by atoms with van der Waals surface area (Å²) < 4.78 is 6.21. The van der Waals surface area contributed by atoms with Crippen molar-refractivity contribution in [1.29, 1.82) is 0 Å². The highest BCUT2D eigenvalue weighted by Crippen LogP contribution is 2.25. The average Bonchev–Trinajstić information content (AvgIpc) is 2.85. The average molecular weight is 310 g/mol. The van der Waals surface area contributed by atoms with Gasteiger partial charge >= 0.3 is 0 Å². The summed E-state index contributed by atoms with van der Waals surface area (Å²) >= 11 is 3.48. The van der Waals surface area contributed by atoms with E-state index in [-0.39, 0.29) is 0 Å². The molecule has 5 heteroatoms. The zero-order valence-corrected chi connectivity index (χ0v) is 11.9. The Balaban J connectivity index is 2.09. The zero-order chi connectivity index (χ0) is 13.0. The third-order valence-electron chi connectivity index (χ3n) is 2.84. The van der Waals surface area contributed by atoms with Gasteiger partial charge in [-0.1, -0.05) is 40.1 Å². The number of nitrogens with two attached hydrogens (primary N) is 1. The number of aromatic nitrogens is 2. The molecule has 2 aromatic rings. The molecule has 0 aliphatic carbocycles. The van der Waals surface area contributed by atoms with Gasteiger partial charge in [-0.3, -0.25) is 0 Å². The van der Waals surface area contributed by atoms with Crippen molar-refractivity contribution in [2.75, 3.05) is 6.54 Å². The third-order valence-corrected chi connectivity index (χ3v) is 3.53. The summed E-state index contributed by atoms with van der Waals surface area (Å²) in [7, 11) is 0. The van der Waals surface area contributed by atoms with Crippen LogP contribution >= 0.6 is 15.9 Å². The Bertz CT molecular complexity index is 512. The summed E-state index contributed by atoms with van der Waals surface area (Å²) in [5, 5.41) is 4.00. The summed E-state index contributed by atoms with van der Waals surface area (Å²) in [5.74, 6) is 1.77. The van der Waals surface area contributed by atoms with Crippen molar-refractivity contribution in [2.45, 2.75) is 19.8 Å². The van der Waals surface area contributed by atoms with Crippen LogP contribution in [0.25, 0.3) is 11.4 Å². The lowest BCUT2D eigenvalue weighted by Crippen LogP contribution is -2.11. The van der Waals surface area contributed by atoms with Gasteiger partial charge in [0.1, 0.15) is 0 Å². The fourth-order valence-electron chi connectivity index (χ4n) is 1.60. The van der Waals surface area contributed by atoms with Crippen LogP contribution < -0.4 is 5.73 Å². The molecule has 2 rings (SSSR count). The van der Waals surface area contributed by atoms with Crippen molar-refractivity contribution in [3.8, 4) is 11.4 Å². The second-order valence-electron chi connectivity index (χ2n) is 4.37. The van der Waals surface area contributed by atoms with E-state index in [2.05, 4.69) is 33.0 Å². The Hall–Kier alpha value is -1.20. The van der Waals surface area contributed by atoms with Gasteiger partial charge in [0, 0.05) is 16.5 Å². The molecule has 4 nitrogen and oxygen atoms in total. The minimum absolute atomic E-state index is 0.476. The van der Waals surface area contributed by atoms with Crippen LogP contribution in [0.2, 0.25) is 0 Å². The van der Waals surface area contributed by atoms with Gasteiger partial charge < -0.3 is 10.3 Å². The highest BCUT2D eigenvalue weighted by Gasteiger charge is 2.11. The quantitative estimate of drug-likeness (QED) is 0.922. The van der Waals surface area contributed by atoms with Crippen molar-refractivity contribution >= 4 is 15.9 Å². The first-order valence-electron chi connectivity index (χ1n) is 5.98. The Morgan fingerprint density at radius 2 is 2.17 bits per heavy atom. The van der Waals surface area contributed by atoms with Gasteiger partial charge in [0.15, 0.2) is 0 Å². The Morgan fingerprint density at radius 3 is 2.89 bits per heavy atom. The number of hydrogen-bond donors (Lipinski definition) is 1. The van der Waals surface area contributed by atoms with Crippen LogP contribution in [0.4, 0.5) is 0 Å². The van der Waals surface area contributed by atoms with E-state index in [0.29, 0.717) is 24.2 Å². The summed E-state index contributed by atoms with van der Waals surface area (Å²) in [4.78, 5) is 4.40. The number of aryl methyl sites for hydroxylation is 1. The topological polar surface area (TPSA) is 64.9 Å². The fraction of sp³-hybridized carbons (Fsp3) is 0.385. The van der Waals surface area contributed by atoms with Crippen molar-refractivity contribution in [1.82, 2.24) is 10.1 Å². The number of hydrogen-bond acceptors (Lipinski definition) is 4. The van der Waals surface area contributed by atoms with Crippen molar-refractivity contribution in [2.24, 2.45) is 11.7 Å². The molecule has 1 heterocycles. The van der Waals surface area contributed by atoms with Gasteiger partial charge in [-0.25, -0.2) is 0 Å². The molecular formula is C13H16BrN3O. The van der Waals surface area contributed by atoms with Gasteiger partial charge in [0.2, 0.25) is 11.7 Å². The Morgan fingerprint density at radius 1 is 1.39 bits per heavy atom. The lowest BCUT2D eigenvalue weighted by molar-refractivity contribution is 0.366. The molecule has 0 saturated heterocycles. The second-order valence-corrected chi connectivity index (χ2v) is 5.23. The predicted octanol–water partition coefficient (Wildman–Crippen LogP) is 3.03. The van der Waals surface area contributed by atoms with E-state index in [0.717, 1.165) is 22.9 Å². The molecule has 1 atom stereocenters. The second kappa shape index (κ2) is 6.11. The summed E-state index contributed by atoms with van der Waals surface area (Å²) in [6.45, 7) is 2.80. The first kappa shape index (κ1) is 13.2. The van der Waals surface area contributed by atoms with Crippen LogP contribution in [-0.2, 0) is 6.42 Å². The monoisotopic (exact) mass is 309 g/mol. The largest absolute Gasteiger partial charge is 0.339 e. The molecule has 2 N–H and O–H groups in total. The Labute approximate surface area is 115 Å². The number of halogens is 1. The van der Waals surface area contributed by atoms with Crippen LogP contribution in [0, 0.1) is 5.92 Å². The maximum Gasteiger partial charge on any atom is 0.226 e. The van der Waals surface area contributed by atoms with E-state index >= 15 is 0 Å².